The van der Waals surface area contributed by atoms with E-state index in [2.05, 4.69) is 25.3 Å². The van der Waals surface area contributed by atoms with Crippen LogP contribution in [-0.4, -0.2) is 29.9 Å². The Hall–Kier alpha value is -2.80. The second-order valence-corrected chi connectivity index (χ2v) is 5.26. The van der Waals surface area contributed by atoms with Gasteiger partial charge in [0.2, 0.25) is 5.28 Å². The molecule has 0 radical (unpaired) electrons. The first kappa shape index (κ1) is 13.8. The minimum absolute atomic E-state index is 0.112. The summed E-state index contributed by atoms with van der Waals surface area (Å²) in [6.45, 7) is 0.266. The summed E-state index contributed by atoms with van der Waals surface area (Å²) in [6.07, 6.45) is 1.67. The van der Waals surface area contributed by atoms with Crippen molar-refractivity contribution >= 4 is 22.6 Å². The molecule has 114 valence electrons. The van der Waals surface area contributed by atoms with Gasteiger partial charge in [0.15, 0.2) is 11.5 Å². The van der Waals surface area contributed by atoms with Gasteiger partial charge in [0.1, 0.15) is 11.5 Å². The first-order valence-corrected chi connectivity index (χ1v) is 7.23. The van der Waals surface area contributed by atoms with Crippen LogP contribution in [0.5, 0.6) is 0 Å². The fourth-order valence-electron chi connectivity index (χ4n) is 2.43. The van der Waals surface area contributed by atoms with Gasteiger partial charge in [-0.15, -0.1) is 5.10 Å². The zero-order valence-corrected chi connectivity index (χ0v) is 12.5. The summed E-state index contributed by atoms with van der Waals surface area (Å²) < 4.78 is 15.5. The molecule has 0 spiro atoms. The predicted molar refractivity (Wildman–Crippen MR) is 83.4 cm³/mol. The van der Waals surface area contributed by atoms with E-state index in [1.807, 2.05) is 6.07 Å². The topological polar surface area (TPSA) is 72.3 Å². The van der Waals surface area contributed by atoms with Crippen molar-refractivity contribution in [2.45, 2.75) is 6.54 Å². The Kier molecular flexibility index (Phi) is 3.27. The van der Waals surface area contributed by atoms with Crippen molar-refractivity contribution in [3.05, 3.63) is 59.3 Å². The number of pyridine rings is 1. The van der Waals surface area contributed by atoms with E-state index in [4.69, 9.17) is 11.6 Å². The van der Waals surface area contributed by atoms with E-state index in [0.29, 0.717) is 22.7 Å². The molecule has 0 aliphatic rings. The predicted octanol–water partition coefficient (Wildman–Crippen LogP) is 3.06. The van der Waals surface area contributed by atoms with Gasteiger partial charge in [-0.05, 0) is 29.8 Å². The first-order chi connectivity index (χ1) is 11.2. The molecule has 3 aromatic heterocycles. The Morgan fingerprint density at radius 3 is 2.83 bits per heavy atom. The molecule has 0 fully saturated rings. The normalized spacial score (nSPS) is 11.2. The van der Waals surface area contributed by atoms with Gasteiger partial charge in [-0.2, -0.15) is 10.1 Å². The molecule has 3 heterocycles. The summed E-state index contributed by atoms with van der Waals surface area (Å²) in [7, 11) is 0. The number of halogens is 2. The number of aromatic amines is 1. The lowest BCUT2D eigenvalue weighted by Gasteiger charge is -2.04. The van der Waals surface area contributed by atoms with E-state index in [0.717, 1.165) is 5.39 Å². The molecule has 6 nitrogen and oxygen atoms in total. The molecule has 0 saturated carbocycles. The van der Waals surface area contributed by atoms with Crippen molar-refractivity contribution in [2.24, 2.45) is 0 Å². The summed E-state index contributed by atoms with van der Waals surface area (Å²) in [5.41, 5.74) is 1.74. The van der Waals surface area contributed by atoms with Crippen LogP contribution < -0.4 is 0 Å². The Balaban J connectivity index is 1.86. The maximum Gasteiger partial charge on any atom is 0.242 e. The van der Waals surface area contributed by atoms with Gasteiger partial charge in [-0.1, -0.05) is 18.2 Å². The van der Waals surface area contributed by atoms with Crippen LogP contribution >= 0.6 is 11.6 Å². The molecule has 0 bridgehead atoms. The number of aromatic nitrogens is 6. The summed E-state index contributed by atoms with van der Waals surface area (Å²) in [5, 5.41) is 11.9. The van der Waals surface area contributed by atoms with Crippen molar-refractivity contribution in [3.8, 4) is 11.5 Å². The fraction of sp³-hybridized carbons (Fsp3) is 0.0667. The van der Waals surface area contributed by atoms with Gasteiger partial charge in [0.25, 0.3) is 0 Å². The van der Waals surface area contributed by atoms with E-state index >= 15 is 0 Å². The molecule has 23 heavy (non-hydrogen) atoms. The smallest absolute Gasteiger partial charge is 0.242 e. The lowest BCUT2D eigenvalue weighted by molar-refractivity contribution is 0.589. The molecule has 0 atom stereocenters. The Bertz CT molecular complexity index is 992. The van der Waals surface area contributed by atoms with Crippen molar-refractivity contribution in [3.63, 3.8) is 0 Å². The minimum atomic E-state index is -0.281. The molecule has 0 saturated heterocycles. The highest BCUT2D eigenvalue weighted by atomic mass is 35.5. The van der Waals surface area contributed by atoms with Crippen molar-refractivity contribution in [2.75, 3.05) is 0 Å². The quantitative estimate of drug-likeness (QED) is 0.627. The zero-order valence-electron chi connectivity index (χ0n) is 11.7. The van der Waals surface area contributed by atoms with Crippen molar-refractivity contribution in [1.82, 2.24) is 29.9 Å². The lowest BCUT2D eigenvalue weighted by Crippen LogP contribution is -2.04. The molecule has 4 rings (SSSR count). The molecule has 4 aromatic rings. The number of hydrogen-bond donors (Lipinski definition) is 1. The molecule has 8 heteroatoms. The number of nitrogens with zero attached hydrogens (tertiary/aromatic N) is 5. The maximum atomic E-state index is 13.9. The second kappa shape index (κ2) is 5.44. The van der Waals surface area contributed by atoms with Gasteiger partial charge in [-0.25, -0.2) is 14.1 Å². The van der Waals surface area contributed by atoms with E-state index in [1.165, 1.54) is 6.07 Å². The van der Waals surface area contributed by atoms with Crippen LogP contribution in [-0.2, 0) is 6.54 Å². The summed E-state index contributed by atoms with van der Waals surface area (Å²) in [5.74, 6) is 0.164. The molecule has 0 amide bonds. The molecule has 0 aliphatic carbocycles. The van der Waals surface area contributed by atoms with Gasteiger partial charge < -0.3 is 0 Å². The van der Waals surface area contributed by atoms with Crippen molar-refractivity contribution < 1.29 is 4.39 Å². The third kappa shape index (κ3) is 2.44. The van der Waals surface area contributed by atoms with E-state index in [-0.39, 0.29) is 17.6 Å². The van der Waals surface area contributed by atoms with Gasteiger partial charge >= 0.3 is 0 Å². The summed E-state index contributed by atoms with van der Waals surface area (Å²) in [4.78, 5) is 8.43. The molecule has 0 unspecified atom stereocenters. The van der Waals surface area contributed by atoms with E-state index < -0.39 is 0 Å². The Morgan fingerprint density at radius 1 is 1.17 bits per heavy atom. The lowest BCUT2D eigenvalue weighted by atomic mass is 10.2. The number of hydrogen-bond acceptors (Lipinski definition) is 4. The molecule has 0 aliphatic heterocycles. The van der Waals surface area contributed by atoms with Gasteiger partial charge in [0.05, 0.1) is 11.9 Å². The SMILES string of the molecule is Fc1ccccc1Cn1nc(-c2nc(Cl)n[nH]2)c2cccnc21. The fourth-order valence-corrected chi connectivity index (χ4v) is 2.56. The van der Waals surface area contributed by atoms with Crippen molar-refractivity contribution in [1.29, 1.82) is 0 Å². The molecule has 1 N–H and O–H groups in total. The number of H-pyrrole nitrogens is 1. The molecule has 1 aromatic carbocycles. The highest BCUT2D eigenvalue weighted by molar-refractivity contribution is 6.28. The van der Waals surface area contributed by atoms with Crippen LogP contribution in [0, 0.1) is 5.82 Å². The Labute approximate surface area is 135 Å². The van der Waals surface area contributed by atoms with Crippen LogP contribution in [0.25, 0.3) is 22.6 Å². The minimum Gasteiger partial charge on any atom is -0.256 e. The van der Waals surface area contributed by atoms with Crippen LogP contribution in [0.4, 0.5) is 4.39 Å². The van der Waals surface area contributed by atoms with Crippen LogP contribution in [0.1, 0.15) is 5.56 Å². The molecular weight excluding hydrogens is 319 g/mol. The maximum absolute atomic E-state index is 13.9. The Morgan fingerprint density at radius 2 is 2.04 bits per heavy atom. The highest BCUT2D eigenvalue weighted by Crippen LogP contribution is 2.25. The van der Waals surface area contributed by atoms with Gasteiger partial charge in [-0.3, -0.25) is 5.10 Å². The third-order valence-corrected chi connectivity index (χ3v) is 3.64. The van der Waals surface area contributed by atoms with Gasteiger partial charge in [0, 0.05) is 11.8 Å². The van der Waals surface area contributed by atoms with E-state index in [1.54, 1.807) is 35.1 Å². The third-order valence-electron chi connectivity index (χ3n) is 3.47. The highest BCUT2D eigenvalue weighted by Gasteiger charge is 2.17. The van der Waals surface area contributed by atoms with Crippen LogP contribution in [0.2, 0.25) is 5.28 Å². The average molecular weight is 329 g/mol. The summed E-state index contributed by atoms with van der Waals surface area (Å²) >= 11 is 5.77. The number of benzene rings is 1. The monoisotopic (exact) mass is 328 g/mol. The number of fused-ring (bicyclic) bond motifs is 1. The zero-order chi connectivity index (χ0) is 15.8. The van der Waals surface area contributed by atoms with Crippen LogP contribution in [0.15, 0.2) is 42.6 Å². The van der Waals surface area contributed by atoms with Crippen LogP contribution in [0.3, 0.4) is 0 Å². The second-order valence-electron chi connectivity index (χ2n) is 4.93. The summed E-state index contributed by atoms with van der Waals surface area (Å²) in [6, 6.07) is 10.3. The average Bonchev–Trinajstić information content (AvgIpc) is 3.14. The largest absolute Gasteiger partial charge is 0.256 e. The molecular formula is C15H10ClFN6. The van der Waals surface area contributed by atoms with E-state index in [9.17, 15) is 4.39 Å². The first-order valence-electron chi connectivity index (χ1n) is 6.85. The number of nitrogens with one attached hydrogen (secondary N) is 1. The standard InChI is InChI=1S/C15H10ClFN6/c16-15-19-13(20-21-15)12-10-5-3-7-18-14(10)23(22-12)8-9-4-1-2-6-11(9)17/h1-7H,8H2,(H,19,20,21). The number of rotatable bonds is 3.